The molecule has 3 rings (SSSR count). The van der Waals surface area contributed by atoms with E-state index in [1.807, 2.05) is 30.3 Å². The second-order valence-electron chi connectivity index (χ2n) is 7.65. The number of amides is 2. The average Bonchev–Trinajstić information content (AvgIpc) is 2.83. The van der Waals surface area contributed by atoms with Crippen molar-refractivity contribution in [3.8, 4) is 0 Å². The Morgan fingerprint density at radius 2 is 1.64 bits per heavy atom. The summed E-state index contributed by atoms with van der Waals surface area (Å²) in [6.45, 7) is 1.80. The maximum Gasteiger partial charge on any atom is 0.269 e. The van der Waals surface area contributed by atoms with Crippen molar-refractivity contribution < 1.29 is 14.5 Å². The van der Waals surface area contributed by atoms with E-state index in [0.29, 0.717) is 16.1 Å². The first-order valence-corrected chi connectivity index (χ1v) is 10.8. The maximum atomic E-state index is 13.2. The van der Waals surface area contributed by atoms with Crippen LogP contribution < -0.4 is 5.32 Å². The average molecular weight is 466 g/mol. The molecule has 0 saturated heterocycles. The number of hydrogen-bond acceptors (Lipinski definition) is 4. The fraction of sp³-hybridized carbons (Fsp3) is 0.200. The fourth-order valence-corrected chi connectivity index (χ4v) is 3.70. The lowest BCUT2D eigenvalue weighted by atomic mass is 10.0. The highest BCUT2D eigenvalue weighted by atomic mass is 35.5. The van der Waals surface area contributed by atoms with Crippen molar-refractivity contribution in [3.05, 3.63) is 111 Å². The largest absolute Gasteiger partial charge is 0.345 e. The Kier molecular flexibility index (Phi) is 7.79. The van der Waals surface area contributed by atoms with E-state index in [1.54, 1.807) is 50.4 Å². The third kappa shape index (κ3) is 5.96. The number of non-ortho nitro benzene ring substituents is 1. The van der Waals surface area contributed by atoms with Crippen LogP contribution in [0.3, 0.4) is 0 Å². The Bertz CT molecular complexity index is 1150. The lowest BCUT2D eigenvalue weighted by Gasteiger charge is -2.28. The molecule has 0 fully saturated rings. The summed E-state index contributed by atoms with van der Waals surface area (Å²) < 4.78 is 0. The molecule has 1 N–H and O–H groups in total. The number of rotatable bonds is 8. The summed E-state index contributed by atoms with van der Waals surface area (Å²) in [6.07, 6.45) is 0.00989. The molecular formula is C25H24ClN3O4. The van der Waals surface area contributed by atoms with E-state index in [4.69, 9.17) is 11.6 Å². The number of hydrogen-bond donors (Lipinski definition) is 1. The Morgan fingerprint density at radius 3 is 2.30 bits per heavy atom. The fourth-order valence-electron chi connectivity index (χ4n) is 3.48. The minimum Gasteiger partial charge on any atom is -0.345 e. The van der Waals surface area contributed by atoms with Crippen molar-refractivity contribution in [1.29, 1.82) is 0 Å². The van der Waals surface area contributed by atoms with E-state index < -0.39 is 17.0 Å². The molecule has 3 aromatic rings. The SMILES string of the molecule is CC(c1cccc([N+](=O)[O-])c1)N(C)C(=O)CC(NC(=O)c1ccccc1Cl)c1ccccc1. The van der Waals surface area contributed by atoms with Gasteiger partial charge in [0.25, 0.3) is 11.6 Å². The number of nitrogens with zero attached hydrogens (tertiary/aromatic N) is 2. The molecule has 0 bridgehead atoms. The van der Waals surface area contributed by atoms with Crippen LogP contribution in [0.5, 0.6) is 0 Å². The van der Waals surface area contributed by atoms with Crippen LogP contribution in [0.4, 0.5) is 5.69 Å². The van der Waals surface area contributed by atoms with Crippen LogP contribution in [-0.4, -0.2) is 28.7 Å². The summed E-state index contributed by atoms with van der Waals surface area (Å²) in [4.78, 5) is 38.2. The molecule has 0 saturated carbocycles. The van der Waals surface area contributed by atoms with Crippen LogP contribution >= 0.6 is 11.6 Å². The van der Waals surface area contributed by atoms with Crippen LogP contribution in [0.25, 0.3) is 0 Å². The number of nitro benzene ring substituents is 1. The van der Waals surface area contributed by atoms with Crippen molar-refractivity contribution in [1.82, 2.24) is 10.2 Å². The Balaban J connectivity index is 1.80. The first kappa shape index (κ1) is 23.9. The molecule has 0 aromatic heterocycles. The van der Waals surface area contributed by atoms with Crippen LogP contribution in [-0.2, 0) is 4.79 Å². The van der Waals surface area contributed by atoms with Gasteiger partial charge in [-0.15, -0.1) is 0 Å². The summed E-state index contributed by atoms with van der Waals surface area (Å²) in [7, 11) is 1.64. The Labute approximate surface area is 197 Å². The van der Waals surface area contributed by atoms with Crippen molar-refractivity contribution >= 4 is 29.1 Å². The van der Waals surface area contributed by atoms with Crippen molar-refractivity contribution in [2.45, 2.75) is 25.4 Å². The normalized spacial score (nSPS) is 12.5. The highest BCUT2D eigenvalue weighted by Crippen LogP contribution is 2.26. The van der Waals surface area contributed by atoms with Gasteiger partial charge >= 0.3 is 0 Å². The van der Waals surface area contributed by atoms with E-state index in [1.165, 1.54) is 17.0 Å². The number of benzene rings is 3. The zero-order chi connectivity index (χ0) is 24.0. The van der Waals surface area contributed by atoms with Crippen molar-refractivity contribution in [2.75, 3.05) is 7.05 Å². The van der Waals surface area contributed by atoms with Crippen molar-refractivity contribution in [3.63, 3.8) is 0 Å². The van der Waals surface area contributed by atoms with Gasteiger partial charge in [0, 0.05) is 19.2 Å². The van der Waals surface area contributed by atoms with Gasteiger partial charge in [-0.3, -0.25) is 19.7 Å². The molecule has 170 valence electrons. The van der Waals surface area contributed by atoms with Crippen LogP contribution in [0.2, 0.25) is 5.02 Å². The van der Waals surface area contributed by atoms with E-state index in [0.717, 1.165) is 5.56 Å². The summed E-state index contributed by atoms with van der Waals surface area (Å²) >= 11 is 6.17. The van der Waals surface area contributed by atoms with Crippen LogP contribution in [0, 0.1) is 10.1 Å². The zero-order valence-corrected chi connectivity index (χ0v) is 19.0. The lowest BCUT2D eigenvalue weighted by molar-refractivity contribution is -0.384. The van der Waals surface area contributed by atoms with E-state index >= 15 is 0 Å². The first-order valence-electron chi connectivity index (χ1n) is 10.4. The van der Waals surface area contributed by atoms with Gasteiger partial charge in [0.05, 0.1) is 34.0 Å². The monoisotopic (exact) mass is 465 g/mol. The second-order valence-corrected chi connectivity index (χ2v) is 8.06. The van der Waals surface area contributed by atoms with E-state index in [9.17, 15) is 19.7 Å². The summed E-state index contributed by atoms with van der Waals surface area (Å²) in [6, 6.07) is 21.2. The Morgan fingerprint density at radius 1 is 1.00 bits per heavy atom. The third-order valence-electron chi connectivity index (χ3n) is 5.54. The van der Waals surface area contributed by atoms with E-state index in [2.05, 4.69) is 5.32 Å². The summed E-state index contributed by atoms with van der Waals surface area (Å²) in [5.74, 6) is -0.598. The molecule has 0 radical (unpaired) electrons. The molecule has 0 spiro atoms. The molecule has 33 heavy (non-hydrogen) atoms. The minimum absolute atomic E-state index is 0.00989. The molecule has 8 heteroatoms. The Hall–Kier alpha value is -3.71. The van der Waals surface area contributed by atoms with Gasteiger partial charge in [0.2, 0.25) is 5.91 Å². The number of nitrogens with one attached hydrogen (secondary N) is 1. The molecule has 2 unspecified atom stereocenters. The van der Waals surface area contributed by atoms with Gasteiger partial charge in [0.1, 0.15) is 0 Å². The zero-order valence-electron chi connectivity index (χ0n) is 18.3. The van der Waals surface area contributed by atoms with Gasteiger partial charge in [-0.25, -0.2) is 0 Å². The predicted octanol–water partition coefficient (Wildman–Crippen LogP) is 5.33. The highest BCUT2D eigenvalue weighted by molar-refractivity contribution is 6.33. The van der Waals surface area contributed by atoms with E-state index in [-0.39, 0.29) is 23.9 Å². The molecule has 2 atom stereocenters. The molecular weight excluding hydrogens is 442 g/mol. The van der Waals surface area contributed by atoms with Crippen LogP contribution in [0.1, 0.15) is 46.9 Å². The summed E-state index contributed by atoms with van der Waals surface area (Å²) in [5, 5.41) is 14.3. The smallest absolute Gasteiger partial charge is 0.269 e. The number of nitro groups is 1. The molecule has 7 nitrogen and oxygen atoms in total. The predicted molar refractivity (Wildman–Crippen MR) is 127 cm³/mol. The second kappa shape index (κ2) is 10.7. The molecule has 0 aliphatic carbocycles. The molecule has 2 amide bonds. The van der Waals surface area contributed by atoms with Gasteiger partial charge in [-0.05, 0) is 30.2 Å². The first-order chi connectivity index (χ1) is 15.8. The van der Waals surface area contributed by atoms with Crippen molar-refractivity contribution in [2.24, 2.45) is 0 Å². The quantitative estimate of drug-likeness (QED) is 0.359. The molecule has 0 aliphatic heterocycles. The summed E-state index contributed by atoms with van der Waals surface area (Å²) in [5.41, 5.74) is 1.72. The molecule has 0 heterocycles. The lowest BCUT2D eigenvalue weighted by Crippen LogP contribution is -2.36. The highest BCUT2D eigenvalue weighted by Gasteiger charge is 2.25. The molecule has 0 aliphatic rings. The molecule has 3 aromatic carbocycles. The number of carbonyl (C=O) groups excluding carboxylic acids is 2. The van der Waals surface area contributed by atoms with Gasteiger partial charge in [-0.2, -0.15) is 0 Å². The maximum absolute atomic E-state index is 13.2. The van der Waals surface area contributed by atoms with Gasteiger partial charge < -0.3 is 10.2 Å². The number of carbonyl (C=O) groups is 2. The number of halogens is 1. The van der Waals surface area contributed by atoms with Gasteiger partial charge in [-0.1, -0.05) is 66.2 Å². The standard InChI is InChI=1S/C25H24ClN3O4/c1-17(19-11-8-12-20(15-19)29(32)33)28(2)24(30)16-23(18-9-4-3-5-10-18)27-25(31)21-13-6-7-14-22(21)26/h3-15,17,23H,16H2,1-2H3,(H,27,31). The third-order valence-corrected chi connectivity index (χ3v) is 5.87. The topological polar surface area (TPSA) is 92.6 Å². The van der Waals surface area contributed by atoms with Crippen LogP contribution in [0.15, 0.2) is 78.9 Å². The minimum atomic E-state index is -0.581. The van der Waals surface area contributed by atoms with Gasteiger partial charge in [0.15, 0.2) is 0 Å².